The van der Waals surface area contributed by atoms with Crippen LogP contribution in [0.2, 0.25) is 5.02 Å². The van der Waals surface area contributed by atoms with Crippen molar-refractivity contribution < 1.29 is 13.5 Å². The van der Waals surface area contributed by atoms with Crippen LogP contribution in [0.4, 0.5) is 0 Å². The van der Waals surface area contributed by atoms with Crippen molar-refractivity contribution in [3.8, 4) is 0 Å². The molecule has 1 aromatic rings. The summed E-state index contributed by atoms with van der Waals surface area (Å²) in [6.07, 6.45) is 0. The van der Waals surface area contributed by atoms with E-state index in [4.69, 9.17) is 16.7 Å². The van der Waals surface area contributed by atoms with Crippen molar-refractivity contribution in [1.82, 2.24) is 8.61 Å². The second-order valence-corrected chi connectivity index (χ2v) is 6.97. The molecule has 0 aliphatic carbocycles. The zero-order chi connectivity index (χ0) is 14.6. The first-order valence-corrected chi connectivity index (χ1v) is 7.61. The highest BCUT2D eigenvalue weighted by molar-refractivity contribution is 7.86. The van der Waals surface area contributed by atoms with Crippen molar-refractivity contribution in [1.29, 1.82) is 0 Å². The van der Waals surface area contributed by atoms with Crippen LogP contribution in [0.1, 0.15) is 12.5 Å². The topological polar surface area (TPSA) is 60.9 Å². The Bertz CT molecular complexity index is 504. The summed E-state index contributed by atoms with van der Waals surface area (Å²) < 4.78 is 26.8. The molecule has 0 bridgehead atoms. The Morgan fingerprint density at radius 3 is 2.26 bits per heavy atom. The van der Waals surface area contributed by atoms with Crippen molar-refractivity contribution in [2.45, 2.75) is 19.5 Å². The predicted octanol–water partition coefficient (Wildman–Crippen LogP) is 1.33. The third-order valence-corrected chi connectivity index (χ3v) is 5.22. The molecular formula is C12H19ClN2O3S. The molecule has 1 aromatic carbocycles. The molecule has 7 heteroatoms. The van der Waals surface area contributed by atoms with Gasteiger partial charge in [-0.05, 0) is 24.6 Å². The quantitative estimate of drug-likeness (QED) is 0.862. The van der Waals surface area contributed by atoms with Crippen LogP contribution in [-0.2, 0) is 16.8 Å². The van der Waals surface area contributed by atoms with Crippen LogP contribution in [0.3, 0.4) is 0 Å². The molecule has 0 spiro atoms. The number of benzene rings is 1. The van der Waals surface area contributed by atoms with E-state index < -0.39 is 16.3 Å². The lowest BCUT2D eigenvalue weighted by Gasteiger charge is -2.28. The molecule has 1 rings (SSSR count). The molecule has 0 aliphatic rings. The molecule has 1 N–H and O–H groups in total. The van der Waals surface area contributed by atoms with Gasteiger partial charge in [-0.25, -0.2) is 0 Å². The van der Waals surface area contributed by atoms with Crippen LogP contribution < -0.4 is 0 Å². The van der Waals surface area contributed by atoms with E-state index in [1.165, 1.54) is 18.4 Å². The highest BCUT2D eigenvalue weighted by atomic mass is 35.5. The summed E-state index contributed by atoms with van der Waals surface area (Å²) in [4.78, 5) is 0. The van der Waals surface area contributed by atoms with E-state index in [-0.39, 0.29) is 13.2 Å². The number of aliphatic hydroxyl groups excluding tert-OH is 1. The maximum absolute atomic E-state index is 12.2. The normalized spacial score (nSPS) is 14.1. The largest absolute Gasteiger partial charge is 0.395 e. The molecule has 0 aliphatic heterocycles. The summed E-state index contributed by atoms with van der Waals surface area (Å²) in [7, 11) is -0.628. The number of likely N-dealkylation sites (N-methyl/N-ethyl adjacent to an activating group) is 1. The average molecular weight is 307 g/mol. The maximum Gasteiger partial charge on any atom is 0.282 e. The van der Waals surface area contributed by atoms with Gasteiger partial charge in [0.25, 0.3) is 10.2 Å². The summed E-state index contributed by atoms with van der Waals surface area (Å²) in [5.41, 5.74) is 0.848. The summed E-state index contributed by atoms with van der Waals surface area (Å²) in [6, 6.07) is 6.54. The zero-order valence-electron chi connectivity index (χ0n) is 11.2. The first-order chi connectivity index (χ1) is 8.78. The number of halogens is 1. The maximum atomic E-state index is 12.2. The first kappa shape index (κ1) is 16.4. The number of rotatable bonds is 6. The van der Waals surface area contributed by atoms with Gasteiger partial charge in [0.2, 0.25) is 0 Å². The fraction of sp³-hybridized carbons (Fsp3) is 0.500. The zero-order valence-corrected chi connectivity index (χ0v) is 12.8. The molecule has 0 saturated heterocycles. The van der Waals surface area contributed by atoms with Gasteiger partial charge in [0.05, 0.1) is 6.61 Å². The van der Waals surface area contributed by atoms with Gasteiger partial charge in [0.1, 0.15) is 0 Å². The molecule has 0 heterocycles. The van der Waals surface area contributed by atoms with E-state index >= 15 is 0 Å². The summed E-state index contributed by atoms with van der Waals surface area (Å²) in [5, 5.41) is 9.64. The predicted molar refractivity (Wildman–Crippen MR) is 76.1 cm³/mol. The Balaban J connectivity index is 2.81. The third-order valence-electron chi connectivity index (χ3n) is 2.96. The van der Waals surface area contributed by atoms with Crippen LogP contribution >= 0.6 is 11.6 Å². The Hall–Kier alpha value is -0.660. The van der Waals surface area contributed by atoms with Gasteiger partial charge in [0.15, 0.2) is 0 Å². The van der Waals surface area contributed by atoms with E-state index in [2.05, 4.69) is 0 Å². The molecule has 1 atom stereocenters. The average Bonchev–Trinajstić information content (AvgIpc) is 2.39. The van der Waals surface area contributed by atoms with Gasteiger partial charge in [-0.15, -0.1) is 0 Å². The summed E-state index contributed by atoms with van der Waals surface area (Å²) >= 11 is 5.78. The van der Waals surface area contributed by atoms with Gasteiger partial charge in [0, 0.05) is 31.7 Å². The minimum Gasteiger partial charge on any atom is -0.395 e. The van der Waals surface area contributed by atoms with Crippen LogP contribution in [0, 0.1) is 0 Å². The van der Waals surface area contributed by atoms with Gasteiger partial charge in [-0.1, -0.05) is 23.7 Å². The van der Waals surface area contributed by atoms with Crippen LogP contribution in [0.15, 0.2) is 24.3 Å². The number of hydrogen-bond donors (Lipinski definition) is 1. The molecule has 1 unspecified atom stereocenters. The fourth-order valence-corrected chi connectivity index (χ4v) is 2.89. The highest BCUT2D eigenvalue weighted by Crippen LogP contribution is 2.14. The Labute approximate surface area is 119 Å². The van der Waals surface area contributed by atoms with Crippen LogP contribution in [0.5, 0.6) is 0 Å². The Morgan fingerprint density at radius 1 is 1.26 bits per heavy atom. The fourth-order valence-electron chi connectivity index (χ4n) is 1.49. The highest BCUT2D eigenvalue weighted by Gasteiger charge is 2.27. The third kappa shape index (κ3) is 4.15. The van der Waals surface area contributed by atoms with Gasteiger partial charge >= 0.3 is 0 Å². The molecular weight excluding hydrogens is 288 g/mol. The lowest BCUT2D eigenvalue weighted by atomic mass is 10.2. The van der Waals surface area contributed by atoms with E-state index in [0.29, 0.717) is 5.02 Å². The number of nitrogens with zero attached hydrogens (tertiary/aromatic N) is 2. The number of hydrogen-bond acceptors (Lipinski definition) is 3. The lowest BCUT2D eigenvalue weighted by molar-refractivity contribution is 0.207. The molecule has 0 fully saturated rings. The van der Waals surface area contributed by atoms with Gasteiger partial charge in [-0.3, -0.25) is 0 Å². The molecule has 5 nitrogen and oxygen atoms in total. The van der Waals surface area contributed by atoms with Crippen molar-refractivity contribution in [2.75, 3.05) is 20.7 Å². The lowest BCUT2D eigenvalue weighted by Crippen LogP contribution is -2.44. The molecule has 108 valence electrons. The first-order valence-electron chi connectivity index (χ1n) is 5.83. The second kappa shape index (κ2) is 6.67. The Kier molecular flexibility index (Phi) is 5.76. The number of aliphatic hydroxyl groups is 1. The molecule has 0 radical (unpaired) electrons. The van der Waals surface area contributed by atoms with Gasteiger partial charge < -0.3 is 5.11 Å². The standard InChI is InChI=1S/C12H19ClN2O3S/c1-10(9-16)15(3)19(17,18)14(2)8-11-4-6-12(13)7-5-11/h4-7,10,16H,8-9H2,1-3H3. The molecule has 0 saturated carbocycles. The summed E-state index contributed by atoms with van der Waals surface area (Å²) in [5.74, 6) is 0. The SMILES string of the molecule is CC(CO)N(C)S(=O)(=O)N(C)Cc1ccc(Cl)cc1. The van der Waals surface area contributed by atoms with Crippen molar-refractivity contribution in [2.24, 2.45) is 0 Å². The minimum atomic E-state index is -3.58. The minimum absolute atomic E-state index is 0.218. The summed E-state index contributed by atoms with van der Waals surface area (Å²) in [6.45, 7) is 1.68. The van der Waals surface area contributed by atoms with Crippen LogP contribution in [0.25, 0.3) is 0 Å². The van der Waals surface area contributed by atoms with Crippen molar-refractivity contribution in [3.05, 3.63) is 34.9 Å². The smallest absolute Gasteiger partial charge is 0.282 e. The van der Waals surface area contributed by atoms with E-state index in [0.717, 1.165) is 9.87 Å². The molecule has 0 amide bonds. The second-order valence-electron chi connectivity index (χ2n) is 4.44. The molecule has 0 aromatic heterocycles. The van der Waals surface area contributed by atoms with Crippen molar-refractivity contribution in [3.63, 3.8) is 0 Å². The van der Waals surface area contributed by atoms with Crippen molar-refractivity contribution >= 4 is 21.8 Å². The molecule has 19 heavy (non-hydrogen) atoms. The van der Waals surface area contributed by atoms with E-state index in [1.54, 1.807) is 31.2 Å². The van der Waals surface area contributed by atoms with E-state index in [9.17, 15) is 8.42 Å². The monoisotopic (exact) mass is 306 g/mol. The van der Waals surface area contributed by atoms with E-state index in [1.807, 2.05) is 0 Å². The Morgan fingerprint density at radius 2 is 1.79 bits per heavy atom. The van der Waals surface area contributed by atoms with Gasteiger partial charge in [-0.2, -0.15) is 17.0 Å². The van der Waals surface area contributed by atoms with Crippen LogP contribution in [-0.4, -0.2) is 48.9 Å².